The number of hydrogen-bond donors (Lipinski definition) is 3. The average Bonchev–Trinajstić information content (AvgIpc) is 2.49. The minimum absolute atomic E-state index is 0. The van der Waals surface area contributed by atoms with E-state index in [0.29, 0.717) is 6.54 Å². The average molecular weight is 407 g/mol. The smallest absolute Gasteiger partial charge is 0.191 e. The quantitative estimate of drug-likeness (QED) is 0.369. The van der Waals surface area contributed by atoms with Gasteiger partial charge in [-0.2, -0.15) is 0 Å². The number of halogens is 1. The zero-order chi connectivity index (χ0) is 14.8. The number of methoxy groups -OCH3 is 1. The predicted molar refractivity (Wildman–Crippen MR) is 97.6 cm³/mol. The summed E-state index contributed by atoms with van der Waals surface area (Å²) in [5.74, 6) is 1.52. The van der Waals surface area contributed by atoms with Gasteiger partial charge in [0.25, 0.3) is 0 Å². The summed E-state index contributed by atoms with van der Waals surface area (Å²) in [6.07, 6.45) is 0.420. The lowest BCUT2D eigenvalue weighted by Gasteiger charge is -2.13. The zero-order valence-corrected chi connectivity index (χ0v) is 15.3. The van der Waals surface area contributed by atoms with Crippen LogP contribution >= 0.6 is 24.0 Å². The second-order valence-corrected chi connectivity index (χ2v) is 4.44. The Hall–Kier alpha value is -1.02. The summed E-state index contributed by atoms with van der Waals surface area (Å²) in [4.78, 5) is 4.38. The Balaban J connectivity index is 0.00000400. The van der Waals surface area contributed by atoms with Crippen molar-refractivity contribution in [1.29, 1.82) is 0 Å². The molecule has 0 saturated heterocycles. The summed E-state index contributed by atoms with van der Waals surface area (Å²) in [5, 5.41) is 16.5. The highest BCUT2D eigenvalue weighted by Crippen LogP contribution is 2.17. The van der Waals surface area contributed by atoms with Crippen molar-refractivity contribution in [3.05, 3.63) is 29.8 Å². The van der Waals surface area contributed by atoms with Gasteiger partial charge in [-0.05, 0) is 31.0 Å². The monoisotopic (exact) mass is 407 g/mol. The summed E-state index contributed by atoms with van der Waals surface area (Å²) in [6, 6.07) is 7.38. The number of nitrogens with one attached hydrogen (secondary N) is 2. The molecule has 3 N–H and O–H groups in total. The minimum atomic E-state index is -0.613. The van der Waals surface area contributed by atoms with E-state index in [-0.39, 0.29) is 24.0 Å². The lowest BCUT2D eigenvalue weighted by atomic mass is 10.1. The molecule has 1 aromatic rings. The van der Waals surface area contributed by atoms with Gasteiger partial charge in [-0.25, -0.2) is 0 Å². The van der Waals surface area contributed by atoms with Crippen molar-refractivity contribution in [1.82, 2.24) is 10.6 Å². The molecular formula is C15H26IN3O2. The molecule has 21 heavy (non-hydrogen) atoms. The second-order valence-electron chi connectivity index (χ2n) is 4.44. The van der Waals surface area contributed by atoms with E-state index in [1.165, 1.54) is 0 Å². The van der Waals surface area contributed by atoms with Gasteiger partial charge in [0.15, 0.2) is 5.96 Å². The first-order valence-corrected chi connectivity index (χ1v) is 7.05. The van der Waals surface area contributed by atoms with E-state index >= 15 is 0 Å². The maximum absolute atomic E-state index is 10.1. The Morgan fingerprint density at radius 2 is 1.90 bits per heavy atom. The molecule has 0 fully saturated rings. The summed E-state index contributed by atoms with van der Waals surface area (Å²) in [7, 11) is 1.62. The highest BCUT2D eigenvalue weighted by Gasteiger charge is 2.07. The number of rotatable bonds is 7. The first kappa shape index (κ1) is 20.0. The zero-order valence-electron chi connectivity index (χ0n) is 12.9. The summed E-state index contributed by atoms with van der Waals surface area (Å²) in [6.45, 7) is 6.11. The maximum atomic E-state index is 10.1. The Kier molecular flexibility index (Phi) is 11.1. The van der Waals surface area contributed by atoms with Gasteiger partial charge in [0.1, 0.15) is 5.75 Å². The molecule has 0 aromatic heterocycles. The first-order valence-electron chi connectivity index (χ1n) is 7.05. The van der Waals surface area contributed by atoms with Crippen molar-refractivity contribution >= 4 is 29.9 Å². The molecule has 1 atom stereocenters. The van der Waals surface area contributed by atoms with Crippen molar-refractivity contribution in [2.24, 2.45) is 4.99 Å². The fourth-order valence-corrected chi connectivity index (χ4v) is 1.69. The van der Waals surface area contributed by atoms with E-state index in [1.54, 1.807) is 7.11 Å². The van der Waals surface area contributed by atoms with Crippen LogP contribution in [0.4, 0.5) is 0 Å². The van der Waals surface area contributed by atoms with Crippen LogP contribution in [0.25, 0.3) is 0 Å². The molecule has 0 aliphatic rings. The van der Waals surface area contributed by atoms with E-state index in [0.717, 1.165) is 36.8 Å². The topological polar surface area (TPSA) is 65.9 Å². The third kappa shape index (κ3) is 7.52. The molecule has 0 spiro atoms. The van der Waals surface area contributed by atoms with E-state index in [9.17, 15) is 5.11 Å². The van der Waals surface area contributed by atoms with Crippen molar-refractivity contribution in [3.8, 4) is 5.75 Å². The third-order valence-corrected chi connectivity index (χ3v) is 2.81. The number of ether oxygens (including phenoxy) is 1. The standard InChI is InChI=1S/C15H25N3O2.HI/c1-4-10-17-15(16-5-2)18-11-14(19)12-6-8-13(20-3)9-7-12;/h6-9,14,19H,4-5,10-11H2,1-3H3,(H2,16,17,18);1H. The second kappa shape index (κ2) is 11.6. The number of aliphatic hydroxyl groups excluding tert-OH is 1. The lowest BCUT2D eigenvalue weighted by Crippen LogP contribution is -2.37. The molecule has 1 aromatic carbocycles. The van der Waals surface area contributed by atoms with Gasteiger partial charge in [0.2, 0.25) is 0 Å². The number of benzene rings is 1. The van der Waals surface area contributed by atoms with Gasteiger partial charge in [-0.1, -0.05) is 19.1 Å². The summed E-state index contributed by atoms with van der Waals surface area (Å²) in [5.41, 5.74) is 0.834. The Morgan fingerprint density at radius 3 is 2.43 bits per heavy atom. The van der Waals surface area contributed by atoms with Crippen LogP contribution in [0.1, 0.15) is 31.9 Å². The lowest BCUT2D eigenvalue weighted by molar-refractivity contribution is 0.187. The van der Waals surface area contributed by atoms with Gasteiger partial charge >= 0.3 is 0 Å². The molecular weight excluding hydrogens is 381 g/mol. The molecule has 0 saturated carbocycles. The molecule has 0 bridgehead atoms. The molecule has 0 aliphatic heterocycles. The van der Waals surface area contributed by atoms with Crippen LogP contribution in [-0.2, 0) is 0 Å². The molecule has 1 unspecified atom stereocenters. The normalized spacial score (nSPS) is 12.3. The van der Waals surface area contributed by atoms with Crippen molar-refractivity contribution in [2.45, 2.75) is 26.4 Å². The number of guanidine groups is 1. The number of aliphatic imine (C=N–C) groups is 1. The van der Waals surface area contributed by atoms with Crippen molar-refractivity contribution in [2.75, 3.05) is 26.7 Å². The van der Waals surface area contributed by atoms with Gasteiger partial charge in [0, 0.05) is 13.1 Å². The van der Waals surface area contributed by atoms with Crippen molar-refractivity contribution in [3.63, 3.8) is 0 Å². The van der Waals surface area contributed by atoms with E-state index in [4.69, 9.17) is 4.74 Å². The fourth-order valence-electron chi connectivity index (χ4n) is 1.69. The summed E-state index contributed by atoms with van der Waals surface area (Å²) < 4.78 is 5.09. The maximum Gasteiger partial charge on any atom is 0.191 e. The highest BCUT2D eigenvalue weighted by molar-refractivity contribution is 14.0. The first-order chi connectivity index (χ1) is 9.71. The number of aliphatic hydroxyl groups is 1. The van der Waals surface area contributed by atoms with E-state index in [2.05, 4.69) is 22.5 Å². The predicted octanol–water partition coefficient (Wildman–Crippen LogP) is 2.31. The van der Waals surface area contributed by atoms with Crippen LogP contribution in [-0.4, -0.2) is 37.8 Å². The van der Waals surface area contributed by atoms with Gasteiger partial charge in [-0.15, -0.1) is 24.0 Å². The third-order valence-electron chi connectivity index (χ3n) is 2.81. The molecule has 6 heteroatoms. The number of hydrogen-bond acceptors (Lipinski definition) is 3. The largest absolute Gasteiger partial charge is 0.497 e. The van der Waals surface area contributed by atoms with Crippen LogP contribution in [0.15, 0.2) is 29.3 Å². The molecule has 0 aliphatic carbocycles. The van der Waals surface area contributed by atoms with Crippen LogP contribution in [0, 0.1) is 0 Å². The molecule has 0 heterocycles. The Bertz CT molecular complexity index is 410. The van der Waals surface area contributed by atoms with Gasteiger partial charge < -0.3 is 20.5 Å². The van der Waals surface area contributed by atoms with E-state index < -0.39 is 6.10 Å². The van der Waals surface area contributed by atoms with Crippen molar-refractivity contribution < 1.29 is 9.84 Å². The molecule has 1 rings (SSSR count). The fraction of sp³-hybridized carbons (Fsp3) is 0.533. The van der Waals surface area contributed by atoms with Crippen LogP contribution in [0.3, 0.4) is 0 Å². The van der Waals surface area contributed by atoms with Crippen LogP contribution < -0.4 is 15.4 Å². The molecule has 0 radical (unpaired) electrons. The molecule has 5 nitrogen and oxygen atoms in total. The Labute approximate surface area is 144 Å². The van der Waals surface area contributed by atoms with Crippen LogP contribution in [0.2, 0.25) is 0 Å². The number of nitrogens with zero attached hydrogens (tertiary/aromatic N) is 1. The SMILES string of the molecule is CCCNC(=NCC(O)c1ccc(OC)cc1)NCC.I. The summed E-state index contributed by atoms with van der Waals surface area (Å²) >= 11 is 0. The van der Waals surface area contributed by atoms with Gasteiger partial charge in [0.05, 0.1) is 19.8 Å². The van der Waals surface area contributed by atoms with E-state index in [1.807, 2.05) is 31.2 Å². The highest BCUT2D eigenvalue weighted by atomic mass is 127. The van der Waals surface area contributed by atoms with Crippen LogP contribution in [0.5, 0.6) is 5.75 Å². The van der Waals surface area contributed by atoms with Gasteiger partial charge in [-0.3, -0.25) is 4.99 Å². The molecule has 0 amide bonds. The Morgan fingerprint density at radius 1 is 1.24 bits per heavy atom. The molecule has 120 valence electrons. The minimum Gasteiger partial charge on any atom is -0.497 e.